The highest BCUT2D eigenvalue weighted by Crippen LogP contribution is 2.32. The number of benzene rings is 1. The molecule has 20 heavy (non-hydrogen) atoms. The van der Waals surface area contributed by atoms with Crippen LogP contribution in [0, 0.1) is 6.92 Å². The molecule has 5 heteroatoms. The fourth-order valence-electron chi connectivity index (χ4n) is 2.44. The minimum Gasteiger partial charge on any atom is -0.493 e. The summed E-state index contributed by atoms with van der Waals surface area (Å²) in [5.74, 6) is 0.811. The van der Waals surface area contributed by atoms with Gasteiger partial charge in [0.25, 0.3) is 0 Å². The van der Waals surface area contributed by atoms with Gasteiger partial charge in [0.1, 0.15) is 5.69 Å². The van der Waals surface area contributed by atoms with E-state index in [1.54, 1.807) is 13.3 Å². The normalized spacial score (nSPS) is 12.4. The maximum absolute atomic E-state index is 5.47. The fraction of sp³-hybridized carbons (Fsp3) is 0.400. The third kappa shape index (κ3) is 2.74. The van der Waals surface area contributed by atoms with Gasteiger partial charge in [-0.2, -0.15) is 5.10 Å². The average molecular weight is 338 g/mol. The molecule has 0 aliphatic carbocycles. The van der Waals surface area contributed by atoms with Crippen molar-refractivity contribution in [2.75, 3.05) is 14.2 Å². The van der Waals surface area contributed by atoms with Gasteiger partial charge in [0.15, 0.2) is 5.75 Å². The number of methoxy groups -OCH3 is 1. The molecule has 0 bridgehead atoms. The van der Waals surface area contributed by atoms with Crippen molar-refractivity contribution in [1.82, 2.24) is 15.1 Å². The number of nitrogens with one attached hydrogen (secondary N) is 1. The molecule has 1 atom stereocenters. The monoisotopic (exact) mass is 337 g/mol. The molecule has 0 radical (unpaired) electrons. The molecule has 1 heterocycles. The molecule has 2 rings (SSSR count). The number of hydrogen-bond acceptors (Lipinski definition) is 3. The highest BCUT2D eigenvalue weighted by Gasteiger charge is 2.23. The van der Waals surface area contributed by atoms with Crippen molar-refractivity contribution in [3.8, 4) is 5.75 Å². The molecule has 0 saturated heterocycles. The second-order valence-corrected chi connectivity index (χ2v) is 5.55. The highest BCUT2D eigenvalue weighted by atomic mass is 79.9. The predicted molar refractivity (Wildman–Crippen MR) is 84.2 cm³/mol. The van der Waals surface area contributed by atoms with E-state index in [2.05, 4.69) is 58.4 Å². The molecule has 4 nitrogen and oxygen atoms in total. The van der Waals surface area contributed by atoms with E-state index in [1.165, 1.54) is 11.1 Å². The molecule has 0 spiro atoms. The molecule has 0 amide bonds. The second kappa shape index (κ2) is 6.41. The van der Waals surface area contributed by atoms with E-state index in [0.717, 1.165) is 22.5 Å². The first-order valence-corrected chi connectivity index (χ1v) is 7.44. The number of aryl methyl sites for hydroxylation is 2. The van der Waals surface area contributed by atoms with Crippen molar-refractivity contribution in [1.29, 1.82) is 0 Å². The molecule has 0 fully saturated rings. The van der Waals surface area contributed by atoms with Crippen LogP contribution in [-0.2, 0) is 6.54 Å². The first kappa shape index (κ1) is 15.1. The SMILES string of the molecule is CCn1ncc(OC)c1C(NC)c1cc(Br)ccc1C. The van der Waals surface area contributed by atoms with Crippen LogP contribution in [0.3, 0.4) is 0 Å². The Kier molecular flexibility index (Phi) is 4.83. The Morgan fingerprint density at radius 2 is 2.20 bits per heavy atom. The van der Waals surface area contributed by atoms with Crippen LogP contribution in [-0.4, -0.2) is 23.9 Å². The van der Waals surface area contributed by atoms with Gasteiger partial charge in [0.05, 0.1) is 19.3 Å². The highest BCUT2D eigenvalue weighted by molar-refractivity contribution is 9.10. The standard InChI is InChI=1S/C15H20BrN3O/c1-5-19-15(13(20-4)9-18-19)14(17-3)12-8-11(16)7-6-10(12)2/h6-9,14,17H,5H2,1-4H3. The van der Waals surface area contributed by atoms with E-state index in [1.807, 2.05) is 11.7 Å². The van der Waals surface area contributed by atoms with Crippen molar-refractivity contribution in [3.63, 3.8) is 0 Å². The minimum absolute atomic E-state index is 0.0462. The van der Waals surface area contributed by atoms with Gasteiger partial charge in [-0.3, -0.25) is 4.68 Å². The number of nitrogens with zero attached hydrogens (tertiary/aromatic N) is 2. The fourth-order valence-corrected chi connectivity index (χ4v) is 2.82. The van der Waals surface area contributed by atoms with Gasteiger partial charge in [-0.05, 0) is 44.2 Å². The zero-order chi connectivity index (χ0) is 14.7. The molecule has 108 valence electrons. The Morgan fingerprint density at radius 1 is 1.45 bits per heavy atom. The van der Waals surface area contributed by atoms with Crippen LogP contribution in [0.2, 0.25) is 0 Å². The second-order valence-electron chi connectivity index (χ2n) is 4.64. The molecular formula is C15H20BrN3O. The van der Waals surface area contributed by atoms with Gasteiger partial charge in [-0.25, -0.2) is 0 Å². The molecule has 1 unspecified atom stereocenters. The lowest BCUT2D eigenvalue weighted by Gasteiger charge is -2.21. The van der Waals surface area contributed by atoms with Crippen LogP contribution in [0.5, 0.6) is 5.75 Å². The van der Waals surface area contributed by atoms with Crippen LogP contribution < -0.4 is 10.1 Å². The zero-order valence-corrected chi connectivity index (χ0v) is 13.9. The van der Waals surface area contributed by atoms with Crippen molar-refractivity contribution in [3.05, 3.63) is 45.7 Å². The molecular weight excluding hydrogens is 318 g/mol. The Balaban J connectivity index is 2.57. The van der Waals surface area contributed by atoms with E-state index < -0.39 is 0 Å². The number of ether oxygens (including phenoxy) is 1. The number of aromatic nitrogens is 2. The number of halogens is 1. The maximum Gasteiger partial charge on any atom is 0.161 e. The topological polar surface area (TPSA) is 39.1 Å². The van der Waals surface area contributed by atoms with E-state index in [0.29, 0.717) is 0 Å². The lowest BCUT2D eigenvalue weighted by atomic mass is 9.98. The third-order valence-electron chi connectivity index (χ3n) is 3.48. The van der Waals surface area contributed by atoms with Gasteiger partial charge in [0, 0.05) is 11.0 Å². The minimum atomic E-state index is 0.0462. The summed E-state index contributed by atoms with van der Waals surface area (Å²) >= 11 is 3.55. The first-order valence-electron chi connectivity index (χ1n) is 6.65. The Bertz CT molecular complexity index is 573. The van der Waals surface area contributed by atoms with Crippen molar-refractivity contribution >= 4 is 15.9 Å². The van der Waals surface area contributed by atoms with Crippen molar-refractivity contribution in [2.24, 2.45) is 0 Å². The van der Waals surface area contributed by atoms with Gasteiger partial charge >= 0.3 is 0 Å². The van der Waals surface area contributed by atoms with Crippen LogP contribution in [0.4, 0.5) is 0 Å². The molecule has 1 aromatic heterocycles. The summed E-state index contributed by atoms with van der Waals surface area (Å²) in [7, 11) is 3.64. The molecule has 0 aliphatic heterocycles. The quantitative estimate of drug-likeness (QED) is 0.909. The summed E-state index contributed by atoms with van der Waals surface area (Å²) in [4.78, 5) is 0. The van der Waals surface area contributed by atoms with Gasteiger partial charge in [-0.1, -0.05) is 22.0 Å². The van der Waals surface area contributed by atoms with E-state index in [4.69, 9.17) is 4.74 Å². The van der Waals surface area contributed by atoms with Crippen LogP contribution in [0.15, 0.2) is 28.9 Å². The summed E-state index contributed by atoms with van der Waals surface area (Å²) in [6.45, 7) is 5.01. The number of rotatable bonds is 5. The first-order chi connectivity index (χ1) is 9.62. The summed E-state index contributed by atoms with van der Waals surface area (Å²) in [5.41, 5.74) is 3.51. The van der Waals surface area contributed by atoms with Gasteiger partial charge < -0.3 is 10.1 Å². The summed E-state index contributed by atoms with van der Waals surface area (Å²) in [5, 5.41) is 7.77. The maximum atomic E-state index is 5.47. The Hall–Kier alpha value is -1.33. The average Bonchev–Trinajstić information content (AvgIpc) is 2.86. The van der Waals surface area contributed by atoms with E-state index in [-0.39, 0.29) is 6.04 Å². The van der Waals surface area contributed by atoms with E-state index in [9.17, 15) is 0 Å². The largest absolute Gasteiger partial charge is 0.493 e. The van der Waals surface area contributed by atoms with Gasteiger partial charge in [-0.15, -0.1) is 0 Å². The molecule has 0 saturated carbocycles. The molecule has 2 aromatic rings. The van der Waals surface area contributed by atoms with Crippen LogP contribution >= 0.6 is 15.9 Å². The Labute approximate surface area is 128 Å². The predicted octanol–water partition coefficient (Wildman–Crippen LogP) is 3.29. The van der Waals surface area contributed by atoms with Crippen LogP contribution in [0.25, 0.3) is 0 Å². The molecule has 0 aliphatic rings. The zero-order valence-electron chi connectivity index (χ0n) is 12.3. The molecule has 1 N–H and O–H groups in total. The summed E-state index contributed by atoms with van der Waals surface area (Å²) in [6, 6.07) is 6.36. The Morgan fingerprint density at radius 3 is 2.80 bits per heavy atom. The lowest BCUT2D eigenvalue weighted by Crippen LogP contribution is -2.23. The third-order valence-corrected chi connectivity index (χ3v) is 3.97. The molecule has 1 aromatic carbocycles. The van der Waals surface area contributed by atoms with Crippen LogP contribution in [0.1, 0.15) is 29.8 Å². The van der Waals surface area contributed by atoms with Crippen molar-refractivity contribution in [2.45, 2.75) is 26.4 Å². The number of hydrogen-bond donors (Lipinski definition) is 1. The summed E-state index contributed by atoms with van der Waals surface area (Å²) in [6.07, 6.45) is 1.77. The van der Waals surface area contributed by atoms with Crippen molar-refractivity contribution < 1.29 is 4.74 Å². The van der Waals surface area contributed by atoms with Gasteiger partial charge in [0.2, 0.25) is 0 Å². The van der Waals surface area contributed by atoms with E-state index >= 15 is 0 Å². The lowest BCUT2D eigenvalue weighted by molar-refractivity contribution is 0.401. The smallest absolute Gasteiger partial charge is 0.161 e. The summed E-state index contributed by atoms with van der Waals surface area (Å²) < 4.78 is 8.51.